The third kappa shape index (κ3) is 5.33. The third-order valence-electron chi connectivity index (χ3n) is 7.47. The largest absolute Gasteiger partial charge is 0.497 e. The Kier molecular flexibility index (Phi) is 8.92. The highest BCUT2D eigenvalue weighted by Crippen LogP contribution is 2.49. The predicted molar refractivity (Wildman–Crippen MR) is 148 cm³/mol. The van der Waals surface area contributed by atoms with E-state index < -0.39 is 35.6 Å². The second kappa shape index (κ2) is 12.4. The Balaban J connectivity index is 1.91. The average Bonchev–Trinajstić information content (AvgIpc) is 2.96. The molecule has 1 heterocycles. The van der Waals surface area contributed by atoms with Gasteiger partial charge in [-0.05, 0) is 62.6 Å². The first-order valence-electron chi connectivity index (χ1n) is 13.3. The van der Waals surface area contributed by atoms with Gasteiger partial charge in [0.25, 0.3) is 0 Å². The zero-order valence-electron chi connectivity index (χ0n) is 23.7. The highest BCUT2D eigenvalue weighted by Gasteiger charge is 2.53. The summed E-state index contributed by atoms with van der Waals surface area (Å²) in [4.78, 5) is 45.9. The summed E-state index contributed by atoms with van der Waals surface area (Å²) >= 11 is 0. The highest BCUT2D eigenvalue weighted by atomic mass is 16.5. The summed E-state index contributed by atoms with van der Waals surface area (Å²) in [5.74, 6) is -3.18. The maximum atomic E-state index is 14.5. The van der Waals surface area contributed by atoms with Crippen LogP contribution in [-0.4, -0.2) is 58.0 Å². The second-order valence-corrected chi connectivity index (χ2v) is 9.61. The van der Waals surface area contributed by atoms with Crippen molar-refractivity contribution in [3.8, 4) is 17.2 Å². The quantitative estimate of drug-likeness (QED) is 0.329. The minimum absolute atomic E-state index is 0.130. The van der Waals surface area contributed by atoms with Crippen LogP contribution < -0.4 is 14.2 Å². The van der Waals surface area contributed by atoms with Gasteiger partial charge in [-0.15, -0.1) is 0 Å². The lowest BCUT2D eigenvalue weighted by Crippen LogP contribution is -2.48. The molecule has 0 saturated heterocycles. The normalized spacial score (nSPS) is 22.1. The number of ketones is 1. The van der Waals surface area contributed by atoms with Gasteiger partial charge in [0.15, 0.2) is 17.3 Å². The first-order chi connectivity index (χ1) is 19.3. The molecule has 9 heteroatoms. The van der Waals surface area contributed by atoms with Crippen molar-refractivity contribution in [2.75, 3.05) is 34.5 Å². The van der Waals surface area contributed by atoms with Crippen LogP contribution in [0.2, 0.25) is 0 Å². The van der Waals surface area contributed by atoms with Crippen molar-refractivity contribution in [2.24, 2.45) is 16.8 Å². The number of fused-ring (bicyclic) bond motifs is 1. The van der Waals surface area contributed by atoms with Crippen LogP contribution in [0.4, 0.5) is 0 Å². The van der Waals surface area contributed by atoms with Crippen LogP contribution in [0.5, 0.6) is 17.2 Å². The number of rotatable bonds is 9. The number of allylic oxidation sites excluding steroid dienone is 1. The Hall–Kier alpha value is -4.14. The Bertz CT molecular complexity index is 1360. The average molecular weight is 550 g/mol. The van der Waals surface area contributed by atoms with Gasteiger partial charge in [0.05, 0.1) is 46.0 Å². The molecule has 9 nitrogen and oxygen atoms in total. The van der Waals surface area contributed by atoms with E-state index in [9.17, 15) is 14.4 Å². The number of hydrogen-bond acceptors (Lipinski definition) is 9. The lowest BCUT2D eigenvalue weighted by Gasteiger charge is -2.41. The molecule has 0 spiro atoms. The Labute approximate surface area is 234 Å². The molecule has 1 saturated carbocycles. The molecule has 0 N–H and O–H groups in total. The molecule has 4 atom stereocenters. The summed E-state index contributed by atoms with van der Waals surface area (Å²) in [6.07, 6.45) is 0.324. The molecule has 1 aliphatic heterocycles. The smallest absolute Gasteiger partial charge is 0.336 e. The van der Waals surface area contributed by atoms with Gasteiger partial charge < -0.3 is 23.7 Å². The topological polar surface area (TPSA) is 110 Å². The predicted octanol–water partition coefficient (Wildman–Crippen LogP) is 4.64. The molecule has 0 bridgehead atoms. The molecule has 0 radical (unpaired) electrons. The van der Waals surface area contributed by atoms with Gasteiger partial charge in [-0.2, -0.15) is 0 Å². The van der Waals surface area contributed by atoms with E-state index in [0.717, 1.165) is 5.56 Å². The lowest BCUT2D eigenvalue weighted by atomic mass is 9.62. The second-order valence-electron chi connectivity index (χ2n) is 9.61. The number of methoxy groups -OCH3 is 3. The summed E-state index contributed by atoms with van der Waals surface area (Å²) in [5.41, 5.74) is 2.76. The fourth-order valence-electron chi connectivity index (χ4n) is 5.75. The molecule has 1 unspecified atom stereocenters. The first-order valence-corrected chi connectivity index (χ1v) is 13.3. The van der Waals surface area contributed by atoms with Crippen LogP contribution in [0.1, 0.15) is 50.2 Å². The molecule has 2 aromatic carbocycles. The van der Waals surface area contributed by atoms with Crippen LogP contribution in [-0.2, 0) is 23.9 Å². The molecule has 0 aromatic heterocycles. The summed E-state index contributed by atoms with van der Waals surface area (Å²) in [6.45, 7) is 5.46. The van der Waals surface area contributed by atoms with Gasteiger partial charge in [-0.25, -0.2) is 4.79 Å². The standard InChI is InChI=1S/C31H35NO8/c1-7-39-30(34)25-17(3)32-22-16-21(18-10-9-11-20(14-18)36-4)27(31(35)40-8-2)29(33)28(22)26(25)19-12-13-23(37-5)24(15-19)38-6/h9-15,21,26-28H,7-8,16H2,1-6H3/t21-,26-,27+,28?/m1/s1. The maximum Gasteiger partial charge on any atom is 0.336 e. The summed E-state index contributed by atoms with van der Waals surface area (Å²) in [7, 11) is 4.61. The molecule has 212 valence electrons. The van der Waals surface area contributed by atoms with E-state index in [2.05, 4.69) is 0 Å². The number of nitrogens with zero attached hydrogens (tertiary/aromatic N) is 1. The zero-order valence-corrected chi connectivity index (χ0v) is 23.7. The number of ether oxygens (including phenoxy) is 5. The summed E-state index contributed by atoms with van der Waals surface area (Å²) in [6, 6.07) is 12.6. The van der Waals surface area contributed by atoms with E-state index in [4.69, 9.17) is 28.7 Å². The number of carbonyl (C=O) groups is 3. The van der Waals surface area contributed by atoms with Gasteiger partial charge in [-0.1, -0.05) is 18.2 Å². The molecule has 0 amide bonds. The molecule has 2 aromatic rings. The van der Waals surface area contributed by atoms with Crippen molar-refractivity contribution >= 4 is 23.4 Å². The minimum Gasteiger partial charge on any atom is -0.497 e. The van der Waals surface area contributed by atoms with E-state index in [0.29, 0.717) is 40.6 Å². The van der Waals surface area contributed by atoms with Crippen LogP contribution in [0.15, 0.2) is 58.7 Å². The minimum atomic E-state index is -1.10. The fourth-order valence-corrected chi connectivity index (χ4v) is 5.75. The van der Waals surface area contributed by atoms with E-state index >= 15 is 0 Å². The van der Waals surface area contributed by atoms with E-state index in [1.54, 1.807) is 52.1 Å². The number of aliphatic imine (C=N–C) groups is 1. The highest BCUT2D eigenvalue weighted by molar-refractivity contribution is 6.17. The van der Waals surface area contributed by atoms with Crippen molar-refractivity contribution in [2.45, 2.75) is 39.0 Å². The zero-order chi connectivity index (χ0) is 29.0. The number of esters is 2. The molecular formula is C31H35NO8. The van der Waals surface area contributed by atoms with Crippen LogP contribution in [0.25, 0.3) is 0 Å². The number of benzene rings is 2. The fraction of sp³-hybridized carbons (Fsp3) is 0.419. The van der Waals surface area contributed by atoms with Crippen LogP contribution in [0, 0.1) is 11.8 Å². The van der Waals surface area contributed by atoms with Gasteiger partial charge >= 0.3 is 11.9 Å². The summed E-state index contributed by atoms with van der Waals surface area (Å²) < 4.78 is 27.2. The summed E-state index contributed by atoms with van der Waals surface area (Å²) in [5, 5.41) is 0. The Morgan fingerprint density at radius 1 is 0.875 bits per heavy atom. The Morgan fingerprint density at radius 2 is 1.60 bits per heavy atom. The number of carbonyl (C=O) groups excluding carboxylic acids is 3. The Morgan fingerprint density at radius 3 is 2.25 bits per heavy atom. The number of hydrogen-bond donors (Lipinski definition) is 0. The first kappa shape index (κ1) is 28.9. The maximum absolute atomic E-state index is 14.5. The van der Waals surface area contributed by atoms with E-state index in [1.807, 2.05) is 18.2 Å². The van der Waals surface area contributed by atoms with Gasteiger partial charge in [-0.3, -0.25) is 14.6 Å². The number of Topliss-reactive ketones (excluding diaryl/α,β-unsaturated/α-hetero) is 1. The van der Waals surface area contributed by atoms with Crippen LogP contribution in [0.3, 0.4) is 0 Å². The molecule has 1 aliphatic carbocycles. The molecule has 1 fully saturated rings. The SMILES string of the molecule is CCOC(=O)C1=C(C)N=C2C[C@H](c3cccc(OC)c3)[C@H](C(=O)OCC)C(=O)C2[C@@H]1c1ccc(OC)c(OC)c1. The van der Waals surface area contributed by atoms with E-state index in [-0.39, 0.29) is 24.6 Å². The molecule has 4 rings (SSSR count). The van der Waals surface area contributed by atoms with Crippen LogP contribution >= 0.6 is 0 Å². The molecule has 2 aliphatic rings. The van der Waals surface area contributed by atoms with Crippen molar-refractivity contribution in [3.63, 3.8) is 0 Å². The monoisotopic (exact) mass is 549 g/mol. The molecular weight excluding hydrogens is 514 g/mol. The van der Waals surface area contributed by atoms with Crippen molar-refractivity contribution < 1.29 is 38.1 Å². The van der Waals surface area contributed by atoms with Gasteiger partial charge in [0, 0.05) is 23.2 Å². The van der Waals surface area contributed by atoms with Crippen molar-refractivity contribution in [3.05, 3.63) is 64.9 Å². The molecule has 40 heavy (non-hydrogen) atoms. The van der Waals surface area contributed by atoms with Gasteiger partial charge in [0.1, 0.15) is 11.7 Å². The van der Waals surface area contributed by atoms with Crippen molar-refractivity contribution in [1.82, 2.24) is 0 Å². The van der Waals surface area contributed by atoms with Gasteiger partial charge in [0.2, 0.25) is 0 Å². The third-order valence-corrected chi connectivity index (χ3v) is 7.47. The lowest BCUT2D eigenvalue weighted by molar-refractivity contribution is -0.153. The van der Waals surface area contributed by atoms with Crippen molar-refractivity contribution in [1.29, 1.82) is 0 Å². The van der Waals surface area contributed by atoms with E-state index in [1.165, 1.54) is 14.2 Å².